The van der Waals surface area contributed by atoms with Crippen molar-refractivity contribution in [1.82, 2.24) is 9.88 Å². The molecule has 1 saturated heterocycles. The molecule has 0 aromatic carbocycles. The number of ketones is 1. The topological polar surface area (TPSA) is 33.2 Å². The van der Waals surface area contributed by atoms with Gasteiger partial charge in [0.25, 0.3) is 0 Å². The normalized spacial score (nSPS) is 27.9. The van der Waals surface area contributed by atoms with Gasteiger partial charge in [-0.3, -0.25) is 14.7 Å². The lowest BCUT2D eigenvalue weighted by Gasteiger charge is -2.38. The van der Waals surface area contributed by atoms with Gasteiger partial charge in [0.15, 0.2) is 0 Å². The predicted octanol–water partition coefficient (Wildman–Crippen LogP) is 3.11. The van der Waals surface area contributed by atoms with Crippen LogP contribution in [0, 0.1) is 12.8 Å². The number of aryl methyl sites for hydroxylation is 1. The van der Waals surface area contributed by atoms with E-state index in [-0.39, 0.29) is 0 Å². The molecule has 2 aliphatic rings. The number of rotatable bonds is 3. The fourth-order valence-corrected chi connectivity index (χ4v) is 3.79. The Kier molecular flexibility index (Phi) is 4.16. The second-order valence-corrected chi connectivity index (χ2v) is 6.27. The zero-order valence-electron chi connectivity index (χ0n) is 12.3. The van der Waals surface area contributed by atoms with Crippen LogP contribution >= 0.6 is 0 Å². The summed E-state index contributed by atoms with van der Waals surface area (Å²) in [6.45, 7) is 4.15. The number of pyridine rings is 1. The number of nitrogens with zero attached hydrogens (tertiary/aromatic N) is 2. The van der Waals surface area contributed by atoms with E-state index in [0.717, 1.165) is 32.4 Å². The van der Waals surface area contributed by atoms with Crippen molar-refractivity contribution in [2.75, 3.05) is 6.54 Å². The fraction of sp³-hybridized carbons (Fsp3) is 0.647. The van der Waals surface area contributed by atoms with E-state index in [9.17, 15) is 4.79 Å². The Balaban J connectivity index is 1.75. The summed E-state index contributed by atoms with van der Waals surface area (Å²) in [5, 5.41) is 0. The molecule has 0 radical (unpaired) electrons. The van der Waals surface area contributed by atoms with Crippen LogP contribution in [0.3, 0.4) is 0 Å². The highest BCUT2D eigenvalue weighted by molar-refractivity contribution is 5.83. The largest absolute Gasteiger partial charge is 0.299 e. The SMILES string of the molecule is Cc1cccnc1CN1CCCCC1C1CCCC1=O. The average Bonchev–Trinajstić information content (AvgIpc) is 2.88. The van der Waals surface area contributed by atoms with Crippen LogP contribution in [-0.2, 0) is 11.3 Å². The molecule has 0 spiro atoms. The van der Waals surface area contributed by atoms with Gasteiger partial charge in [-0.25, -0.2) is 0 Å². The van der Waals surface area contributed by atoms with Gasteiger partial charge in [0.1, 0.15) is 5.78 Å². The molecular weight excluding hydrogens is 248 g/mol. The standard InChI is InChI=1S/C17H24N2O/c1-13-6-5-10-18-15(13)12-19-11-3-2-8-16(19)14-7-4-9-17(14)20/h5-6,10,14,16H,2-4,7-9,11-12H2,1H3. The molecule has 1 aliphatic carbocycles. The van der Waals surface area contributed by atoms with Gasteiger partial charge in [0.05, 0.1) is 5.69 Å². The third kappa shape index (κ3) is 2.78. The minimum absolute atomic E-state index is 0.291. The third-order valence-electron chi connectivity index (χ3n) is 4.95. The lowest BCUT2D eigenvalue weighted by atomic mass is 9.88. The second-order valence-electron chi connectivity index (χ2n) is 6.27. The van der Waals surface area contributed by atoms with E-state index in [2.05, 4.69) is 22.9 Å². The Hall–Kier alpha value is -1.22. The molecule has 108 valence electrons. The summed E-state index contributed by atoms with van der Waals surface area (Å²) in [6.07, 6.45) is 8.58. The fourth-order valence-electron chi connectivity index (χ4n) is 3.79. The van der Waals surface area contributed by atoms with E-state index >= 15 is 0 Å². The molecule has 0 bridgehead atoms. The van der Waals surface area contributed by atoms with Gasteiger partial charge < -0.3 is 0 Å². The van der Waals surface area contributed by atoms with Gasteiger partial charge in [-0.2, -0.15) is 0 Å². The maximum absolute atomic E-state index is 12.1. The van der Waals surface area contributed by atoms with E-state index < -0.39 is 0 Å². The molecule has 3 rings (SSSR count). The van der Waals surface area contributed by atoms with Crippen molar-refractivity contribution >= 4 is 5.78 Å². The summed E-state index contributed by atoms with van der Waals surface area (Å²) in [5.41, 5.74) is 2.43. The number of hydrogen-bond acceptors (Lipinski definition) is 3. The Bertz CT molecular complexity index is 486. The number of Topliss-reactive ketones (excluding diaryl/α,β-unsaturated/α-hetero) is 1. The van der Waals surface area contributed by atoms with Crippen LogP contribution in [0.5, 0.6) is 0 Å². The third-order valence-corrected chi connectivity index (χ3v) is 4.95. The summed E-state index contributed by atoms with van der Waals surface area (Å²) >= 11 is 0. The zero-order chi connectivity index (χ0) is 13.9. The van der Waals surface area contributed by atoms with Crippen molar-refractivity contribution in [1.29, 1.82) is 0 Å². The van der Waals surface area contributed by atoms with E-state index in [1.807, 2.05) is 12.3 Å². The van der Waals surface area contributed by atoms with Crippen LogP contribution < -0.4 is 0 Å². The zero-order valence-corrected chi connectivity index (χ0v) is 12.3. The first-order chi connectivity index (χ1) is 9.75. The highest BCUT2D eigenvalue weighted by Gasteiger charge is 2.36. The first kappa shape index (κ1) is 13.7. The second kappa shape index (κ2) is 6.04. The van der Waals surface area contributed by atoms with Crippen molar-refractivity contribution in [2.24, 2.45) is 5.92 Å². The first-order valence-corrected chi connectivity index (χ1v) is 7.93. The van der Waals surface area contributed by atoms with Crippen LogP contribution in [0.2, 0.25) is 0 Å². The van der Waals surface area contributed by atoms with Crippen molar-refractivity contribution < 1.29 is 4.79 Å². The van der Waals surface area contributed by atoms with Gasteiger partial charge in [0, 0.05) is 31.1 Å². The van der Waals surface area contributed by atoms with Crippen LogP contribution in [0.1, 0.15) is 49.8 Å². The van der Waals surface area contributed by atoms with Crippen LogP contribution in [-0.4, -0.2) is 28.3 Å². The molecule has 1 aromatic heterocycles. The first-order valence-electron chi connectivity index (χ1n) is 7.93. The molecule has 3 nitrogen and oxygen atoms in total. The van der Waals surface area contributed by atoms with E-state index in [4.69, 9.17) is 0 Å². The predicted molar refractivity (Wildman–Crippen MR) is 79.4 cm³/mol. The number of hydrogen-bond donors (Lipinski definition) is 0. The van der Waals surface area contributed by atoms with Crippen LogP contribution in [0.25, 0.3) is 0 Å². The molecule has 0 amide bonds. The monoisotopic (exact) mass is 272 g/mol. The molecule has 1 aromatic rings. The number of carbonyl (C=O) groups excluding carboxylic acids is 1. The highest BCUT2D eigenvalue weighted by atomic mass is 16.1. The minimum Gasteiger partial charge on any atom is -0.299 e. The number of carbonyl (C=O) groups is 1. The quantitative estimate of drug-likeness (QED) is 0.847. The van der Waals surface area contributed by atoms with Crippen molar-refractivity contribution in [3.05, 3.63) is 29.6 Å². The molecule has 2 atom stereocenters. The lowest BCUT2D eigenvalue weighted by Crippen LogP contribution is -2.45. The number of aromatic nitrogens is 1. The van der Waals surface area contributed by atoms with Crippen molar-refractivity contribution in [3.8, 4) is 0 Å². The van der Waals surface area contributed by atoms with E-state index in [0.29, 0.717) is 17.7 Å². The molecule has 3 heteroatoms. The van der Waals surface area contributed by atoms with E-state index in [1.54, 1.807) is 0 Å². The Morgan fingerprint density at radius 1 is 1.30 bits per heavy atom. The Morgan fingerprint density at radius 2 is 2.20 bits per heavy atom. The maximum Gasteiger partial charge on any atom is 0.137 e. The highest BCUT2D eigenvalue weighted by Crippen LogP contribution is 2.33. The van der Waals surface area contributed by atoms with Gasteiger partial charge >= 0.3 is 0 Å². The summed E-state index contributed by atoms with van der Waals surface area (Å²) in [5.74, 6) is 0.791. The molecule has 20 heavy (non-hydrogen) atoms. The average molecular weight is 272 g/mol. The van der Waals surface area contributed by atoms with Gasteiger partial charge in [-0.05, 0) is 50.8 Å². The van der Waals surface area contributed by atoms with Crippen molar-refractivity contribution in [3.63, 3.8) is 0 Å². The van der Waals surface area contributed by atoms with Gasteiger partial charge in [-0.15, -0.1) is 0 Å². The molecule has 2 fully saturated rings. The Morgan fingerprint density at radius 3 is 2.95 bits per heavy atom. The van der Waals surface area contributed by atoms with Crippen LogP contribution in [0.15, 0.2) is 18.3 Å². The molecule has 1 saturated carbocycles. The lowest BCUT2D eigenvalue weighted by molar-refractivity contribution is -0.123. The minimum atomic E-state index is 0.291. The summed E-state index contributed by atoms with van der Waals surface area (Å²) in [7, 11) is 0. The van der Waals surface area contributed by atoms with Crippen LogP contribution in [0.4, 0.5) is 0 Å². The molecule has 1 aliphatic heterocycles. The molecular formula is C17H24N2O. The maximum atomic E-state index is 12.1. The summed E-state index contributed by atoms with van der Waals surface area (Å²) < 4.78 is 0. The molecule has 0 N–H and O–H groups in total. The number of piperidine rings is 1. The molecule has 2 unspecified atom stereocenters. The summed E-state index contributed by atoms with van der Waals surface area (Å²) in [6, 6.07) is 4.58. The smallest absolute Gasteiger partial charge is 0.137 e. The van der Waals surface area contributed by atoms with Gasteiger partial charge in [-0.1, -0.05) is 12.5 Å². The number of likely N-dealkylation sites (tertiary alicyclic amines) is 1. The molecule has 2 heterocycles. The van der Waals surface area contributed by atoms with Gasteiger partial charge in [0.2, 0.25) is 0 Å². The summed E-state index contributed by atoms with van der Waals surface area (Å²) in [4.78, 5) is 19.1. The van der Waals surface area contributed by atoms with Crippen molar-refractivity contribution in [2.45, 2.75) is 58.0 Å². The Labute approximate surface area is 121 Å². The van der Waals surface area contributed by atoms with E-state index in [1.165, 1.54) is 30.5 Å².